The fraction of sp³-hybridized carbons (Fsp3) is 0.467. The van der Waals surface area contributed by atoms with Gasteiger partial charge in [-0.15, -0.1) is 0 Å². The molecule has 0 unspecified atom stereocenters. The van der Waals surface area contributed by atoms with Gasteiger partial charge in [0.1, 0.15) is 0 Å². The number of hydrogen-bond donors (Lipinski definition) is 0. The smallest absolute Gasteiger partial charge is 0.226 e. The Kier molecular flexibility index (Phi) is 3.89. The Morgan fingerprint density at radius 3 is 2.84 bits per heavy atom. The Bertz CT molecular complexity index is 504. The van der Waals surface area contributed by atoms with E-state index in [2.05, 4.69) is 34.4 Å². The van der Waals surface area contributed by atoms with Gasteiger partial charge in [0.25, 0.3) is 0 Å². The molecule has 0 saturated carbocycles. The molecule has 2 aromatic rings. The zero-order chi connectivity index (χ0) is 12.9. The predicted molar refractivity (Wildman–Crippen MR) is 70.9 cm³/mol. The van der Waals surface area contributed by atoms with Crippen LogP contribution in [0.15, 0.2) is 34.9 Å². The highest BCUT2D eigenvalue weighted by atomic mass is 16.5. The summed E-state index contributed by atoms with van der Waals surface area (Å²) in [6.45, 7) is 1.53. The highest BCUT2D eigenvalue weighted by Crippen LogP contribution is 2.22. The van der Waals surface area contributed by atoms with Crippen LogP contribution in [-0.2, 0) is 17.6 Å². The molecular formula is C15H18N2O2. The largest absolute Gasteiger partial charge is 0.381 e. The van der Waals surface area contributed by atoms with Crippen LogP contribution in [0.3, 0.4) is 0 Å². The summed E-state index contributed by atoms with van der Waals surface area (Å²) in [6, 6.07) is 10.5. The lowest BCUT2D eigenvalue weighted by Gasteiger charge is -1.99. The van der Waals surface area contributed by atoms with Crippen LogP contribution in [0.2, 0.25) is 0 Å². The molecular weight excluding hydrogens is 240 g/mol. The molecule has 1 aliphatic rings. The lowest BCUT2D eigenvalue weighted by atomic mass is 10.1. The van der Waals surface area contributed by atoms with Crippen molar-refractivity contribution in [1.82, 2.24) is 10.1 Å². The molecule has 1 aliphatic heterocycles. The predicted octanol–water partition coefficient (Wildman–Crippen LogP) is 2.75. The van der Waals surface area contributed by atoms with Gasteiger partial charge in [-0.05, 0) is 24.8 Å². The van der Waals surface area contributed by atoms with E-state index in [1.54, 1.807) is 0 Å². The first-order chi connectivity index (χ1) is 9.42. The van der Waals surface area contributed by atoms with Crippen LogP contribution >= 0.6 is 0 Å². The minimum Gasteiger partial charge on any atom is -0.381 e. The standard InChI is InChI=1S/C15H18N2O2/c1-2-5-12(6-3-1)7-4-8-14-16-15(17-19-14)13-9-10-18-11-13/h1-3,5-6,13H,4,7-11H2/t13-/m1/s1. The van der Waals surface area contributed by atoms with Gasteiger partial charge in [-0.1, -0.05) is 35.5 Å². The molecule has 1 saturated heterocycles. The summed E-state index contributed by atoms with van der Waals surface area (Å²) < 4.78 is 10.6. The van der Waals surface area contributed by atoms with Gasteiger partial charge in [-0.2, -0.15) is 4.98 Å². The molecule has 100 valence electrons. The van der Waals surface area contributed by atoms with E-state index in [9.17, 15) is 0 Å². The van der Waals surface area contributed by atoms with Gasteiger partial charge in [-0.25, -0.2) is 0 Å². The summed E-state index contributed by atoms with van der Waals surface area (Å²) in [5, 5.41) is 4.06. The minimum absolute atomic E-state index is 0.326. The van der Waals surface area contributed by atoms with Crippen LogP contribution in [0.5, 0.6) is 0 Å². The lowest BCUT2D eigenvalue weighted by Crippen LogP contribution is -2.00. The van der Waals surface area contributed by atoms with Gasteiger partial charge in [-0.3, -0.25) is 0 Å². The van der Waals surface area contributed by atoms with Crippen molar-refractivity contribution in [3.05, 3.63) is 47.6 Å². The maximum atomic E-state index is 5.34. The van der Waals surface area contributed by atoms with E-state index in [0.29, 0.717) is 5.92 Å². The number of ether oxygens (including phenoxy) is 1. The number of benzene rings is 1. The third kappa shape index (κ3) is 3.20. The number of aryl methyl sites for hydroxylation is 2. The first kappa shape index (κ1) is 12.4. The molecule has 1 fully saturated rings. The average Bonchev–Trinajstić information content (AvgIpc) is 3.10. The van der Waals surface area contributed by atoms with Gasteiger partial charge in [0, 0.05) is 18.9 Å². The lowest BCUT2D eigenvalue weighted by molar-refractivity contribution is 0.192. The number of aromatic nitrogens is 2. The van der Waals surface area contributed by atoms with Crippen LogP contribution in [-0.4, -0.2) is 23.4 Å². The molecule has 0 spiro atoms. The van der Waals surface area contributed by atoms with Crippen molar-refractivity contribution >= 4 is 0 Å². The number of nitrogens with zero attached hydrogens (tertiary/aromatic N) is 2. The zero-order valence-electron chi connectivity index (χ0n) is 10.9. The molecule has 0 aliphatic carbocycles. The molecule has 4 nitrogen and oxygen atoms in total. The second kappa shape index (κ2) is 5.97. The van der Waals surface area contributed by atoms with Crippen LogP contribution in [0, 0.1) is 0 Å². The third-order valence-corrected chi connectivity index (χ3v) is 3.48. The summed E-state index contributed by atoms with van der Waals surface area (Å²) in [5.74, 6) is 1.89. The first-order valence-corrected chi connectivity index (χ1v) is 6.86. The van der Waals surface area contributed by atoms with Crippen molar-refractivity contribution < 1.29 is 9.26 Å². The van der Waals surface area contributed by atoms with Crippen molar-refractivity contribution in [2.75, 3.05) is 13.2 Å². The number of hydrogen-bond acceptors (Lipinski definition) is 4. The van der Waals surface area contributed by atoms with E-state index in [4.69, 9.17) is 9.26 Å². The summed E-state index contributed by atoms with van der Waals surface area (Å²) in [5.41, 5.74) is 1.35. The highest BCUT2D eigenvalue weighted by Gasteiger charge is 2.22. The van der Waals surface area contributed by atoms with Crippen LogP contribution < -0.4 is 0 Å². The third-order valence-electron chi connectivity index (χ3n) is 3.48. The van der Waals surface area contributed by atoms with Gasteiger partial charge >= 0.3 is 0 Å². The molecule has 0 bridgehead atoms. The molecule has 19 heavy (non-hydrogen) atoms. The second-order valence-corrected chi connectivity index (χ2v) is 4.95. The monoisotopic (exact) mass is 258 g/mol. The van der Waals surface area contributed by atoms with Crippen LogP contribution in [0.25, 0.3) is 0 Å². The Morgan fingerprint density at radius 2 is 2.05 bits per heavy atom. The Labute approximate surface area is 112 Å². The molecule has 2 heterocycles. The van der Waals surface area contributed by atoms with Gasteiger partial charge < -0.3 is 9.26 Å². The molecule has 1 atom stereocenters. The summed E-state index contributed by atoms with van der Waals surface area (Å²) in [7, 11) is 0. The van der Waals surface area contributed by atoms with Gasteiger partial charge in [0.2, 0.25) is 5.89 Å². The molecule has 1 aromatic carbocycles. The first-order valence-electron chi connectivity index (χ1n) is 6.86. The molecule has 4 heteroatoms. The van der Waals surface area contributed by atoms with E-state index < -0.39 is 0 Å². The van der Waals surface area contributed by atoms with Crippen molar-refractivity contribution in [3.63, 3.8) is 0 Å². The fourth-order valence-electron chi connectivity index (χ4n) is 2.36. The normalized spacial score (nSPS) is 18.8. The topological polar surface area (TPSA) is 48.2 Å². The van der Waals surface area contributed by atoms with Crippen molar-refractivity contribution in [2.24, 2.45) is 0 Å². The summed E-state index contributed by atoms with van der Waals surface area (Å²) in [4.78, 5) is 4.47. The van der Waals surface area contributed by atoms with Crippen molar-refractivity contribution in [1.29, 1.82) is 0 Å². The maximum absolute atomic E-state index is 5.34. The maximum Gasteiger partial charge on any atom is 0.226 e. The van der Waals surface area contributed by atoms with E-state index in [-0.39, 0.29) is 0 Å². The number of rotatable bonds is 5. The van der Waals surface area contributed by atoms with E-state index in [1.165, 1.54) is 5.56 Å². The molecule has 3 rings (SSSR count). The second-order valence-electron chi connectivity index (χ2n) is 4.95. The highest BCUT2D eigenvalue weighted by molar-refractivity contribution is 5.14. The molecule has 0 N–H and O–H groups in total. The quantitative estimate of drug-likeness (QED) is 0.827. The Morgan fingerprint density at radius 1 is 1.16 bits per heavy atom. The minimum atomic E-state index is 0.326. The van der Waals surface area contributed by atoms with E-state index >= 15 is 0 Å². The van der Waals surface area contributed by atoms with Gasteiger partial charge in [0.15, 0.2) is 5.82 Å². The molecule has 1 aromatic heterocycles. The Balaban J connectivity index is 1.50. The Hall–Kier alpha value is -1.68. The SMILES string of the molecule is c1ccc(CCCc2nc([C@@H]3CCOC3)no2)cc1. The van der Waals surface area contributed by atoms with Crippen LogP contribution in [0.1, 0.15) is 36.0 Å². The summed E-state index contributed by atoms with van der Waals surface area (Å²) in [6.07, 6.45) is 3.93. The average molecular weight is 258 g/mol. The van der Waals surface area contributed by atoms with E-state index in [1.807, 2.05) is 6.07 Å². The zero-order valence-corrected chi connectivity index (χ0v) is 10.9. The molecule has 0 amide bonds. The van der Waals surface area contributed by atoms with Crippen molar-refractivity contribution in [3.8, 4) is 0 Å². The van der Waals surface area contributed by atoms with Gasteiger partial charge in [0.05, 0.1) is 6.61 Å². The summed E-state index contributed by atoms with van der Waals surface area (Å²) >= 11 is 0. The van der Waals surface area contributed by atoms with E-state index in [0.717, 1.165) is 50.6 Å². The van der Waals surface area contributed by atoms with Crippen molar-refractivity contribution in [2.45, 2.75) is 31.6 Å². The molecule has 0 radical (unpaired) electrons. The van der Waals surface area contributed by atoms with Crippen LogP contribution in [0.4, 0.5) is 0 Å². The fourth-order valence-corrected chi connectivity index (χ4v) is 2.36.